The van der Waals surface area contributed by atoms with Gasteiger partial charge in [0, 0.05) is 0 Å². The fourth-order valence-electron chi connectivity index (χ4n) is 0.825. The number of aliphatic hydroxyl groups is 3. The molecular weight excluding hydrogens is 170 g/mol. The van der Waals surface area contributed by atoms with Crippen LogP contribution in [0.5, 0.6) is 0 Å². The number of nitrogens with one attached hydrogen (secondary N) is 2. The van der Waals surface area contributed by atoms with Crippen molar-refractivity contribution in [2.45, 2.75) is 5.97 Å². The number of carbonyl (C=O) groups is 1. The summed E-state index contributed by atoms with van der Waals surface area (Å²) in [6, 6.07) is 0. The summed E-state index contributed by atoms with van der Waals surface area (Å²) < 4.78 is 0. The van der Waals surface area contributed by atoms with Gasteiger partial charge in [0.2, 0.25) is 0 Å². The van der Waals surface area contributed by atoms with Gasteiger partial charge in [0.05, 0.1) is 0 Å². The van der Waals surface area contributed by atoms with Crippen LogP contribution < -0.4 is 10.7 Å². The van der Waals surface area contributed by atoms with E-state index < -0.39 is 23.6 Å². The SMILES string of the molecule is O=C1C[NH+]([O-])NN1CC(O)(O)O. The zero-order valence-electron chi connectivity index (χ0n) is 6.02. The van der Waals surface area contributed by atoms with Crippen LogP contribution in [0.3, 0.4) is 0 Å². The zero-order chi connectivity index (χ0) is 9.35. The van der Waals surface area contributed by atoms with Gasteiger partial charge in [0.15, 0.2) is 6.54 Å². The van der Waals surface area contributed by atoms with E-state index in [-0.39, 0.29) is 6.54 Å². The molecule has 70 valence electrons. The van der Waals surface area contributed by atoms with E-state index in [4.69, 9.17) is 15.3 Å². The molecule has 0 aromatic heterocycles. The minimum atomic E-state index is -2.98. The van der Waals surface area contributed by atoms with Crippen molar-refractivity contribution in [2.75, 3.05) is 13.1 Å². The summed E-state index contributed by atoms with van der Waals surface area (Å²) in [6.45, 7) is -1.10. The molecule has 1 amide bonds. The number of hydrogen-bond donors (Lipinski definition) is 5. The first-order valence-electron chi connectivity index (χ1n) is 3.15. The van der Waals surface area contributed by atoms with Crippen molar-refractivity contribution >= 4 is 5.91 Å². The normalized spacial score (nSPS) is 25.2. The molecule has 0 radical (unpaired) electrons. The average Bonchev–Trinajstić information content (AvgIpc) is 2.06. The summed E-state index contributed by atoms with van der Waals surface area (Å²) in [7, 11) is 0. The highest BCUT2D eigenvalue weighted by atomic mass is 16.7. The Morgan fingerprint density at radius 1 is 1.67 bits per heavy atom. The Labute approximate surface area is 67.1 Å². The van der Waals surface area contributed by atoms with E-state index in [1.165, 1.54) is 0 Å². The number of β-amino-alcohol motifs (C(OH)–C–C–N with tert-alkyl or cyclic N) is 3. The fraction of sp³-hybridized carbons (Fsp3) is 0.750. The molecule has 0 spiro atoms. The maximum atomic E-state index is 10.8. The highest BCUT2D eigenvalue weighted by Gasteiger charge is 2.33. The van der Waals surface area contributed by atoms with Crippen LogP contribution in [-0.2, 0) is 4.79 Å². The Balaban J connectivity index is 2.49. The van der Waals surface area contributed by atoms with Gasteiger partial charge >= 0.3 is 0 Å². The predicted octanol–water partition coefficient (Wildman–Crippen LogP) is -4.74. The van der Waals surface area contributed by atoms with Crippen molar-refractivity contribution in [2.24, 2.45) is 0 Å². The standard InChI is InChI=1S/C4H9N3O5/c8-3-1-7(12)5-6(3)2-4(9,10)11/h5,7,9-11H,1-2H2. The van der Waals surface area contributed by atoms with Crippen molar-refractivity contribution in [3.63, 3.8) is 0 Å². The lowest BCUT2D eigenvalue weighted by atomic mass is 10.5. The van der Waals surface area contributed by atoms with Crippen LogP contribution in [0, 0.1) is 5.21 Å². The first-order chi connectivity index (χ1) is 5.38. The molecule has 1 aliphatic heterocycles. The number of nitrogens with zero attached hydrogens (tertiary/aromatic N) is 1. The zero-order valence-corrected chi connectivity index (χ0v) is 6.02. The summed E-state index contributed by atoms with van der Waals surface area (Å²) in [5.74, 6) is -3.59. The molecule has 1 fully saturated rings. The van der Waals surface area contributed by atoms with Crippen LogP contribution in [-0.4, -0.2) is 45.3 Å². The van der Waals surface area contributed by atoms with E-state index in [1.54, 1.807) is 0 Å². The molecule has 1 unspecified atom stereocenters. The lowest BCUT2D eigenvalue weighted by molar-refractivity contribution is -0.890. The van der Waals surface area contributed by atoms with Gasteiger partial charge in [-0.3, -0.25) is 9.97 Å². The van der Waals surface area contributed by atoms with E-state index in [0.29, 0.717) is 5.01 Å². The van der Waals surface area contributed by atoms with Gasteiger partial charge in [-0.2, -0.15) is 0 Å². The maximum Gasteiger partial charge on any atom is 0.298 e. The minimum Gasteiger partial charge on any atom is -0.611 e. The van der Waals surface area contributed by atoms with Gasteiger partial charge in [-0.1, -0.05) is 5.53 Å². The Morgan fingerprint density at radius 2 is 2.25 bits per heavy atom. The molecule has 1 atom stereocenters. The topological polar surface area (TPSA) is 121 Å². The first kappa shape index (κ1) is 9.32. The van der Waals surface area contributed by atoms with Crippen LogP contribution in [0.1, 0.15) is 0 Å². The molecule has 1 saturated heterocycles. The monoisotopic (exact) mass is 179 g/mol. The molecule has 8 nitrogen and oxygen atoms in total. The third-order valence-corrected chi connectivity index (χ3v) is 1.24. The Kier molecular flexibility index (Phi) is 2.28. The number of quaternary nitrogens is 1. The number of carbonyl (C=O) groups excluding carboxylic acids is 1. The second-order valence-corrected chi connectivity index (χ2v) is 2.47. The molecule has 1 rings (SSSR count). The van der Waals surface area contributed by atoms with Gasteiger partial charge in [0.25, 0.3) is 11.9 Å². The quantitative estimate of drug-likeness (QED) is 0.214. The Bertz CT molecular complexity index is 190. The van der Waals surface area contributed by atoms with Crippen molar-refractivity contribution < 1.29 is 25.3 Å². The van der Waals surface area contributed by atoms with Crippen molar-refractivity contribution in [3.8, 4) is 0 Å². The lowest BCUT2D eigenvalue weighted by Crippen LogP contribution is -3.12. The summed E-state index contributed by atoms with van der Waals surface area (Å²) in [5.41, 5.74) is 2.03. The van der Waals surface area contributed by atoms with Gasteiger partial charge in [-0.15, -0.1) is 0 Å². The maximum absolute atomic E-state index is 10.8. The van der Waals surface area contributed by atoms with E-state index in [2.05, 4.69) is 0 Å². The van der Waals surface area contributed by atoms with Crippen LogP contribution in [0.2, 0.25) is 0 Å². The Morgan fingerprint density at radius 3 is 2.58 bits per heavy atom. The van der Waals surface area contributed by atoms with E-state index in [9.17, 15) is 10.0 Å². The van der Waals surface area contributed by atoms with Gasteiger partial charge < -0.3 is 20.5 Å². The van der Waals surface area contributed by atoms with Gasteiger partial charge in [-0.25, -0.2) is 5.01 Å². The minimum absolute atomic E-state index is 0.337. The lowest BCUT2D eigenvalue weighted by Gasteiger charge is -2.21. The molecule has 0 saturated carbocycles. The van der Waals surface area contributed by atoms with Crippen molar-refractivity contribution in [1.82, 2.24) is 10.5 Å². The molecular formula is C4H9N3O5. The smallest absolute Gasteiger partial charge is 0.298 e. The predicted molar refractivity (Wildman–Crippen MR) is 33.4 cm³/mol. The summed E-state index contributed by atoms with van der Waals surface area (Å²) >= 11 is 0. The second-order valence-electron chi connectivity index (χ2n) is 2.47. The molecule has 12 heavy (non-hydrogen) atoms. The molecule has 0 aliphatic carbocycles. The second kappa shape index (κ2) is 2.94. The third kappa shape index (κ3) is 2.37. The number of amides is 1. The molecule has 1 heterocycles. The molecule has 0 aromatic carbocycles. The molecule has 0 aromatic rings. The number of hydrazine groups is 1. The third-order valence-electron chi connectivity index (χ3n) is 1.24. The van der Waals surface area contributed by atoms with Crippen LogP contribution >= 0.6 is 0 Å². The largest absolute Gasteiger partial charge is 0.611 e. The molecule has 0 bridgehead atoms. The highest BCUT2D eigenvalue weighted by Crippen LogP contribution is 1.96. The number of hydrogen-bond acceptors (Lipinski definition) is 6. The molecule has 8 heteroatoms. The van der Waals surface area contributed by atoms with Crippen molar-refractivity contribution in [1.29, 1.82) is 0 Å². The van der Waals surface area contributed by atoms with Gasteiger partial charge in [0.1, 0.15) is 6.54 Å². The first-order valence-corrected chi connectivity index (χ1v) is 3.15. The number of rotatable bonds is 2. The van der Waals surface area contributed by atoms with Crippen LogP contribution in [0.15, 0.2) is 0 Å². The summed E-state index contributed by atoms with van der Waals surface area (Å²) in [6.07, 6.45) is 0. The Hall–Kier alpha value is -0.770. The van der Waals surface area contributed by atoms with Crippen molar-refractivity contribution in [3.05, 3.63) is 5.21 Å². The number of hydroxylamine groups is 1. The van der Waals surface area contributed by atoms with Gasteiger partial charge in [-0.05, 0) is 0 Å². The average molecular weight is 179 g/mol. The fourth-order valence-corrected chi connectivity index (χ4v) is 0.825. The highest BCUT2D eigenvalue weighted by molar-refractivity contribution is 5.77. The van der Waals surface area contributed by atoms with Crippen LogP contribution in [0.25, 0.3) is 0 Å². The van der Waals surface area contributed by atoms with Crippen LogP contribution in [0.4, 0.5) is 0 Å². The van der Waals surface area contributed by atoms with E-state index in [0.717, 1.165) is 0 Å². The summed E-state index contributed by atoms with van der Waals surface area (Å²) in [5, 5.41) is 36.0. The summed E-state index contributed by atoms with van der Waals surface area (Å²) in [4.78, 5) is 10.8. The molecule has 1 aliphatic rings. The molecule has 5 N–H and O–H groups in total. The van der Waals surface area contributed by atoms with E-state index in [1.807, 2.05) is 5.53 Å². The van der Waals surface area contributed by atoms with E-state index >= 15 is 0 Å².